The fourth-order valence-electron chi connectivity index (χ4n) is 4.82. The van der Waals surface area contributed by atoms with E-state index in [1.165, 1.54) is 11.1 Å². The van der Waals surface area contributed by atoms with Crippen LogP contribution in [0.25, 0.3) is 0 Å². The third kappa shape index (κ3) is 3.92. The standard InChI is InChI=1S/C22H29N5O2/c1-16-7-4-5-8-18(16)22-19-13-25(20(28)15-26-10-6-9-23-26)11-17(19)12-27(22)21(29)14-24(2)3/h4-10,17,19,22H,11-15H2,1-3H3/t17-,19-,22+/m1/s1. The predicted octanol–water partition coefficient (Wildman–Crippen LogP) is 1.41. The van der Waals surface area contributed by atoms with E-state index in [0.717, 1.165) is 0 Å². The number of amides is 2. The van der Waals surface area contributed by atoms with Gasteiger partial charge in [-0.05, 0) is 38.2 Å². The van der Waals surface area contributed by atoms with Crippen LogP contribution in [-0.4, -0.2) is 76.6 Å². The van der Waals surface area contributed by atoms with Gasteiger partial charge in [-0.15, -0.1) is 0 Å². The van der Waals surface area contributed by atoms with Gasteiger partial charge in [-0.1, -0.05) is 24.3 Å². The SMILES string of the molecule is Cc1ccccc1[C@H]1[C@@H]2CN(C(=O)Cn3cccn3)C[C@@H]2CN1C(=O)CN(C)C. The van der Waals surface area contributed by atoms with Crippen LogP contribution in [0.1, 0.15) is 17.2 Å². The van der Waals surface area contributed by atoms with Gasteiger partial charge in [0, 0.05) is 43.9 Å². The van der Waals surface area contributed by atoms with Gasteiger partial charge in [0.1, 0.15) is 6.54 Å². The molecule has 4 rings (SSSR count). The molecule has 2 aliphatic heterocycles. The van der Waals surface area contributed by atoms with Crippen LogP contribution in [0, 0.1) is 18.8 Å². The average molecular weight is 396 g/mol. The van der Waals surface area contributed by atoms with Crippen LogP contribution in [0.4, 0.5) is 0 Å². The highest BCUT2D eigenvalue weighted by Crippen LogP contribution is 2.45. The Labute approximate surface area is 171 Å². The Morgan fingerprint density at radius 3 is 2.59 bits per heavy atom. The first-order valence-electron chi connectivity index (χ1n) is 10.2. The fraction of sp³-hybridized carbons (Fsp3) is 0.500. The largest absolute Gasteiger partial charge is 0.340 e. The summed E-state index contributed by atoms with van der Waals surface area (Å²) >= 11 is 0. The van der Waals surface area contributed by atoms with Gasteiger partial charge in [-0.2, -0.15) is 5.10 Å². The molecule has 2 aromatic rings. The second-order valence-electron chi connectivity index (χ2n) is 8.51. The summed E-state index contributed by atoms with van der Waals surface area (Å²) in [5, 5.41) is 4.15. The number of hydrogen-bond acceptors (Lipinski definition) is 4. The monoisotopic (exact) mass is 395 g/mol. The van der Waals surface area contributed by atoms with Crippen molar-refractivity contribution in [1.82, 2.24) is 24.5 Å². The van der Waals surface area contributed by atoms with E-state index in [4.69, 9.17) is 0 Å². The summed E-state index contributed by atoms with van der Waals surface area (Å²) in [6.45, 7) is 4.89. The van der Waals surface area contributed by atoms with E-state index in [9.17, 15) is 9.59 Å². The van der Waals surface area contributed by atoms with Crippen LogP contribution in [-0.2, 0) is 16.1 Å². The number of likely N-dealkylation sites (tertiary alicyclic amines) is 2. The van der Waals surface area contributed by atoms with E-state index >= 15 is 0 Å². The van der Waals surface area contributed by atoms with Crippen molar-refractivity contribution >= 4 is 11.8 Å². The molecule has 2 amide bonds. The maximum atomic E-state index is 13.0. The van der Waals surface area contributed by atoms with E-state index in [-0.39, 0.29) is 30.3 Å². The smallest absolute Gasteiger partial charge is 0.244 e. The number of carbonyl (C=O) groups excluding carboxylic acids is 2. The van der Waals surface area contributed by atoms with E-state index in [1.807, 2.05) is 53.2 Å². The molecule has 0 saturated carbocycles. The Balaban J connectivity index is 1.56. The zero-order chi connectivity index (χ0) is 20.5. The minimum absolute atomic E-state index is 0.0242. The molecule has 1 aromatic carbocycles. The van der Waals surface area contributed by atoms with Crippen molar-refractivity contribution in [2.45, 2.75) is 19.5 Å². The number of hydrogen-bond donors (Lipinski definition) is 0. The van der Waals surface area contributed by atoms with Crippen LogP contribution in [0.15, 0.2) is 42.7 Å². The second-order valence-corrected chi connectivity index (χ2v) is 8.51. The molecule has 2 saturated heterocycles. The average Bonchev–Trinajstić information content (AvgIpc) is 3.37. The Bertz CT molecular complexity index is 879. The fourth-order valence-corrected chi connectivity index (χ4v) is 4.82. The highest BCUT2D eigenvalue weighted by Gasteiger charge is 2.50. The Hall–Kier alpha value is -2.67. The van der Waals surface area contributed by atoms with E-state index < -0.39 is 0 Å². The third-order valence-electron chi connectivity index (χ3n) is 6.15. The van der Waals surface area contributed by atoms with Crippen molar-refractivity contribution in [2.75, 3.05) is 40.3 Å². The molecule has 2 aliphatic rings. The van der Waals surface area contributed by atoms with E-state index in [1.54, 1.807) is 10.9 Å². The van der Waals surface area contributed by atoms with Crippen molar-refractivity contribution in [3.05, 3.63) is 53.9 Å². The second kappa shape index (κ2) is 7.99. The first-order valence-corrected chi connectivity index (χ1v) is 10.2. The molecule has 29 heavy (non-hydrogen) atoms. The number of rotatable bonds is 5. The lowest BCUT2D eigenvalue weighted by atomic mass is 9.87. The zero-order valence-corrected chi connectivity index (χ0v) is 17.4. The quantitative estimate of drug-likeness (QED) is 0.768. The first kappa shape index (κ1) is 19.6. The van der Waals surface area contributed by atoms with Gasteiger partial charge in [0.25, 0.3) is 0 Å². The van der Waals surface area contributed by atoms with Gasteiger partial charge in [0.2, 0.25) is 11.8 Å². The highest BCUT2D eigenvalue weighted by atomic mass is 16.2. The Kier molecular flexibility index (Phi) is 5.41. The van der Waals surface area contributed by atoms with Gasteiger partial charge in [-0.3, -0.25) is 14.3 Å². The predicted molar refractivity (Wildman–Crippen MR) is 110 cm³/mol. The lowest BCUT2D eigenvalue weighted by molar-refractivity contribution is -0.134. The van der Waals surface area contributed by atoms with Crippen LogP contribution in [0.2, 0.25) is 0 Å². The van der Waals surface area contributed by atoms with Gasteiger partial charge in [-0.25, -0.2) is 0 Å². The molecular weight excluding hydrogens is 366 g/mol. The summed E-state index contributed by atoms with van der Waals surface area (Å²) in [6.07, 6.45) is 3.50. The molecular formula is C22H29N5O2. The molecule has 154 valence electrons. The molecule has 0 bridgehead atoms. The van der Waals surface area contributed by atoms with Gasteiger partial charge in [0.15, 0.2) is 0 Å². The molecule has 0 N–H and O–H groups in total. The molecule has 7 nitrogen and oxygen atoms in total. The van der Waals surface area contributed by atoms with Crippen LogP contribution in [0.3, 0.4) is 0 Å². The number of fused-ring (bicyclic) bond motifs is 1. The molecule has 3 atom stereocenters. The molecule has 2 fully saturated rings. The number of aryl methyl sites for hydroxylation is 1. The van der Waals surface area contributed by atoms with Crippen LogP contribution in [0.5, 0.6) is 0 Å². The van der Waals surface area contributed by atoms with Crippen molar-refractivity contribution in [2.24, 2.45) is 11.8 Å². The van der Waals surface area contributed by atoms with Crippen molar-refractivity contribution in [3.63, 3.8) is 0 Å². The van der Waals surface area contributed by atoms with Crippen molar-refractivity contribution < 1.29 is 9.59 Å². The highest BCUT2D eigenvalue weighted by molar-refractivity contribution is 5.80. The van der Waals surface area contributed by atoms with Gasteiger partial charge in [0.05, 0.1) is 12.6 Å². The van der Waals surface area contributed by atoms with Gasteiger partial charge < -0.3 is 14.7 Å². The Morgan fingerprint density at radius 2 is 1.90 bits per heavy atom. The summed E-state index contributed by atoms with van der Waals surface area (Å²) < 4.78 is 1.67. The molecule has 3 heterocycles. The molecule has 1 aromatic heterocycles. The molecule has 0 spiro atoms. The number of likely N-dealkylation sites (N-methyl/N-ethyl adjacent to an activating group) is 1. The van der Waals surface area contributed by atoms with Crippen LogP contribution < -0.4 is 0 Å². The summed E-state index contributed by atoms with van der Waals surface area (Å²) in [5.74, 6) is 0.834. The normalized spacial score (nSPS) is 23.7. The number of carbonyl (C=O) groups is 2. The van der Waals surface area contributed by atoms with Crippen LogP contribution >= 0.6 is 0 Å². The maximum absolute atomic E-state index is 13.0. The summed E-state index contributed by atoms with van der Waals surface area (Å²) in [5.41, 5.74) is 2.40. The topological polar surface area (TPSA) is 61.7 Å². The van der Waals surface area contributed by atoms with Crippen molar-refractivity contribution in [3.8, 4) is 0 Å². The zero-order valence-electron chi connectivity index (χ0n) is 17.4. The lowest BCUT2D eigenvalue weighted by Crippen LogP contribution is -2.41. The summed E-state index contributed by atoms with van der Waals surface area (Å²) in [4.78, 5) is 31.7. The minimum Gasteiger partial charge on any atom is -0.340 e. The molecule has 0 aliphatic carbocycles. The van der Waals surface area contributed by atoms with E-state index in [2.05, 4.69) is 24.2 Å². The van der Waals surface area contributed by atoms with Gasteiger partial charge >= 0.3 is 0 Å². The lowest BCUT2D eigenvalue weighted by Gasteiger charge is -2.31. The molecule has 7 heteroatoms. The van der Waals surface area contributed by atoms with E-state index in [0.29, 0.717) is 32.1 Å². The summed E-state index contributed by atoms with van der Waals surface area (Å²) in [7, 11) is 3.85. The third-order valence-corrected chi connectivity index (χ3v) is 6.15. The first-order chi connectivity index (χ1) is 13.9. The minimum atomic E-state index is 0.0242. The number of benzene rings is 1. The van der Waals surface area contributed by atoms with Crippen molar-refractivity contribution in [1.29, 1.82) is 0 Å². The number of aromatic nitrogens is 2. The molecule has 0 unspecified atom stereocenters. The Morgan fingerprint density at radius 1 is 1.10 bits per heavy atom. The number of nitrogens with zero attached hydrogens (tertiary/aromatic N) is 5. The molecule has 0 radical (unpaired) electrons. The summed E-state index contributed by atoms with van der Waals surface area (Å²) in [6, 6.07) is 10.2. The maximum Gasteiger partial charge on any atom is 0.244 e.